The summed E-state index contributed by atoms with van der Waals surface area (Å²) in [4.78, 5) is 8.58. The SMILES string of the molecule is CC(C)Oc1ccc(CCNC(N)=NCCc2ccccn2)cc1. The smallest absolute Gasteiger partial charge is 0.188 e. The number of ether oxygens (including phenoxy) is 1. The van der Waals surface area contributed by atoms with E-state index in [2.05, 4.69) is 27.4 Å². The van der Waals surface area contributed by atoms with Crippen molar-refractivity contribution in [2.24, 2.45) is 10.7 Å². The zero-order valence-corrected chi connectivity index (χ0v) is 14.4. The number of hydrogen-bond acceptors (Lipinski definition) is 3. The van der Waals surface area contributed by atoms with Gasteiger partial charge in [0, 0.05) is 31.4 Å². The number of hydrogen-bond donors (Lipinski definition) is 2. The highest BCUT2D eigenvalue weighted by atomic mass is 16.5. The first-order chi connectivity index (χ1) is 11.6. The fourth-order valence-electron chi connectivity index (χ4n) is 2.23. The van der Waals surface area contributed by atoms with Gasteiger partial charge in [-0.15, -0.1) is 0 Å². The lowest BCUT2D eigenvalue weighted by Crippen LogP contribution is -2.33. The molecule has 24 heavy (non-hydrogen) atoms. The minimum Gasteiger partial charge on any atom is -0.491 e. The largest absolute Gasteiger partial charge is 0.491 e. The van der Waals surface area contributed by atoms with E-state index in [-0.39, 0.29) is 6.10 Å². The number of nitrogens with one attached hydrogen (secondary N) is 1. The zero-order chi connectivity index (χ0) is 17.2. The van der Waals surface area contributed by atoms with Crippen molar-refractivity contribution < 1.29 is 4.74 Å². The summed E-state index contributed by atoms with van der Waals surface area (Å²) in [6.07, 6.45) is 3.66. The maximum absolute atomic E-state index is 5.88. The third-order valence-electron chi connectivity index (χ3n) is 3.39. The van der Waals surface area contributed by atoms with Crippen LogP contribution in [-0.2, 0) is 12.8 Å². The first kappa shape index (κ1) is 17.8. The van der Waals surface area contributed by atoms with Crippen LogP contribution in [0.4, 0.5) is 0 Å². The molecule has 0 aliphatic heterocycles. The molecule has 5 heteroatoms. The molecule has 0 radical (unpaired) electrons. The van der Waals surface area contributed by atoms with E-state index in [1.165, 1.54) is 5.56 Å². The molecule has 0 bridgehead atoms. The van der Waals surface area contributed by atoms with Gasteiger partial charge in [-0.2, -0.15) is 0 Å². The summed E-state index contributed by atoms with van der Waals surface area (Å²) in [6, 6.07) is 14.0. The minimum atomic E-state index is 0.194. The van der Waals surface area contributed by atoms with Gasteiger partial charge in [0.25, 0.3) is 0 Å². The number of guanidine groups is 1. The molecule has 0 aliphatic carbocycles. The third-order valence-corrected chi connectivity index (χ3v) is 3.39. The summed E-state index contributed by atoms with van der Waals surface area (Å²) in [5.41, 5.74) is 8.14. The number of pyridine rings is 1. The highest BCUT2D eigenvalue weighted by Gasteiger charge is 1.99. The number of nitrogens with two attached hydrogens (primary N) is 1. The van der Waals surface area contributed by atoms with Gasteiger partial charge in [0.2, 0.25) is 0 Å². The van der Waals surface area contributed by atoms with Crippen molar-refractivity contribution in [2.45, 2.75) is 32.8 Å². The summed E-state index contributed by atoms with van der Waals surface area (Å²) in [7, 11) is 0. The topological polar surface area (TPSA) is 72.5 Å². The third kappa shape index (κ3) is 6.69. The highest BCUT2D eigenvalue weighted by molar-refractivity contribution is 5.77. The van der Waals surface area contributed by atoms with Crippen molar-refractivity contribution in [1.82, 2.24) is 10.3 Å². The highest BCUT2D eigenvalue weighted by Crippen LogP contribution is 2.13. The van der Waals surface area contributed by atoms with Gasteiger partial charge >= 0.3 is 0 Å². The van der Waals surface area contributed by atoms with Crippen molar-refractivity contribution >= 4 is 5.96 Å². The van der Waals surface area contributed by atoms with Gasteiger partial charge in [-0.25, -0.2) is 0 Å². The van der Waals surface area contributed by atoms with Gasteiger partial charge in [0.15, 0.2) is 5.96 Å². The molecule has 0 saturated carbocycles. The number of aromatic nitrogens is 1. The molecule has 5 nitrogen and oxygen atoms in total. The number of rotatable bonds is 8. The van der Waals surface area contributed by atoms with E-state index in [1.54, 1.807) is 6.20 Å². The van der Waals surface area contributed by atoms with Crippen LogP contribution in [0.25, 0.3) is 0 Å². The molecule has 1 aromatic heterocycles. The Labute approximate surface area is 144 Å². The summed E-state index contributed by atoms with van der Waals surface area (Å²) in [5.74, 6) is 1.38. The molecule has 0 saturated heterocycles. The molecule has 128 valence electrons. The maximum Gasteiger partial charge on any atom is 0.188 e. The molecule has 1 aromatic carbocycles. The molecule has 1 heterocycles. The second-order valence-corrected chi connectivity index (χ2v) is 5.83. The van der Waals surface area contributed by atoms with Crippen molar-refractivity contribution in [1.29, 1.82) is 0 Å². The number of nitrogens with zero attached hydrogens (tertiary/aromatic N) is 2. The maximum atomic E-state index is 5.88. The Morgan fingerprint density at radius 1 is 1.17 bits per heavy atom. The Balaban J connectivity index is 1.68. The van der Waals surface area contributed by atoms with Gasteiger partial charge in [-0.1, -0.05) is 18.2 Å². The van der Waals surface area contributed by atoms with Crippen LogP contribution in [-0.4, -0.2) is 30.1 Å². The van der Waals surface area contributed by atoms with Crippen LogP contribution >= 0.6 is 0 Å². The lowest BCUT2D eigenvalue weighted by molar-refractivity contribution is 0.242. The van der Waals surface area contributed by atoms with Crippen molar-refractivity contribution in [3.8, 4) is 5.75 Å². The Morgan fingerprint density at radius 3 is 2.62 bits per heavy atom. The first-order valence-corrected chi connectivity index (χ1v) is 8.33. The second kappa shape index (κ2) is 9.55. The normalized spacial score (nSPS) is 11.5. The van der Waals surface area contributed by atoms with Crippen molar-refractivity contribution in [3.05, 3.63) is 59.9 Å². The Bertz CT molecular complexity index is 624. The second-order valence-electron chi connectivity index (χ2n) is 5.83. The number of benzene rings is 1. The lowest BCUT2D eigenvalue weighted by atomic mass is 10.1. The molecule has 0 spiro atoms. The summed E-state index contributed by atoms with van der Waals surface area (Å²) in [6.45, 7) is 5.43. The van der Waals surface area contributed by atoms with Crippen LogP contribution in [0.2, 0.25) is 0 Å². The van der Waals surface area contributed by atoms with Crippen molar-refractivity contribution in [3.63, 3.8) is 0 Å². The van der Waals surface area contributed by atoms with Crippen LogP contribution in [0.3, 0.4) is 0 Å². The molecule has 0 amide bonds. The number of aliphatic imine (C=N–C) groups is 1. The van der Waals surface area contributed by atoms with E-state index < -0.39 is 0 Å². The minimum absolute atomic E-state index is 0.194. The fraction of sp³-hybridized carbons (Fsp3) is 0.368. The van der Waals surface area contributed by atoms with Crippen LogP contribution in [0.15, 0.2) is 53.7 Å². The molecular weight excluding hydrogens is 300 g/mol. The molecule has 0 aliphatic rings. The van der Waals surface area contributed by atoms with E-state index in [4.69, 9.17) is 10.5 Å². The van der Waals surface area contributed by atoms with Gasteiger partial charge < -0.3 is 15.8 Å². The molecule has 3 N–H and O–H groups in total. The Morgan fingerprint density at radius 2 is 1.96 bits per heavy atom. The molecular formula is C19H26N4O. The standard InChI is InChI=1S/C19H26N4O/c1-15(2)24-18-8-6-16(7-9-18)10-13-22-19(20)23-14-11-17-5-3-4-12-21-17/h3-9,12,15H,10-11,13-14H2,1-2H3,(H3,20,22,23). The quantitative estimate of drug-likeness (QED) is 0.578. The van der Waals surface area contributed by atoms with E-state index in [9.17, 15) is 0 Å². The first-order valence-electron chi connectivity index (χ1n) is 8.33. The van der Waals surface area contributed by atoms with Crippen molar-refractivity contribution in [2.75, 3.05) is 13.1 Å². The molecule has 0 unspecified atom stereocenters. The van der Waals surface area contributed by atoms with Gasteiger partial charge in [-0.05, 0) is 50.1 Å². The van der Waals surface area contributed by atoms with Crippen LogP contribution < -0.4 is 15.8 Å². The molecule has 0 atom stereocenters. The van der Waals surface area contributed by atoms with Crippen LogP contribution in [0.5, 0.6) is 5.75 Å². The predicted molar refractivity (Wildman–Crippen MR) is 98.3 cm³/mol. The van der Waals surface area contributed by atoms with Gasteiger partial charge in [0.05, 0.1) is 6.10 Å². The fourth-order valence-corrected chi connectivity index (χ4v) is 2.23. The molecule has 0 fully saturated rings. The van der Waals surface area contributed by atoms with Crippen LogP contribution in [0, 0.1) is 0 Å². The summed E-state index contributed by atoms with van der Waals surface area (Å²) >= 11 is 0. The zero-order valence-electron chi connectivity index (χ0n) is 14.4. The average Bonchev–Trinajstić information content (AvgIpc) is 2.57. The predicted octanol–water partition coefficient (Wildman–Crippen LogP) is 2.56. The van der Waals surface area contributed by atoms with Gasteiger partial charge in [0.1, 0.15) is 5.75 Å². The summed E-state index contributed by atoms with van der Waals surface area (Å²) < 4.78 is 5.63. The molecule has 2 aromatic rings. The van der Waals surface area contributed by atoms with E-state index >= 15 is 0 Å². The van der Waals surface area contributed by atoms with E-state index in [1.807, 2.05) is 44.2 Å². The summed E-state index contributed by atoms with van der Waals surface area (Å²) in [5, 5.41) is 3.14. The van der Waals surface area contributed by atoms with E-state index in [0.717, 1.165) is 30.8 Å². The molecule has 2 rings (SSSR count). The lowest BCUT2D eigenvalue weighted by Gasteiger charge is -2.10. The Kier molecular flexibility index (Phi) is 7.08. The monoisotopic (exact) mass is 326 g/mol. The van der Waals surface area contributed by atoms with Crippen LogP contribution in [0.1, 0.15) is 25.1 Å². The Hall–Kier alpha value is -2.56. The average molecular weight is 326 g/mol. The van der Waals surface area contributed by atoms with E-state index in [0.29, 0.717) is 12.5 Å². The van der Waals surface area contributed by atoms with Gasteiger partial charge in [-0.3, -0.25) is 9.98 Å².